The average Bonchev–Trinajstić information content (AvgIpc) is 2.39. The lowest BCUT2D eigenvalue weighted by molar-refractivity contribution is 0.0694. The van der Waals surface area contributed by atoms with Gasteiger partial charge in [-0.1, -0.05) is 0 Å². The molecule has 1 aromatic carbocycles. The molecule has 1 aliphatic rings. The monoisotopic (exact) mass is 235 g/mol. The first kappa shape index (κ1) is 11.9. The summed E-state index contributed by atoms with van der Waals surface area (Å²) in [7, 11) is 1.60. The highest BCUT2D eigenvalue weighted by atomic mass is 16.5. The summed E-state index contributed by atoms with van der Waals surface area (Å²) in [5, 5.41) is 12.5. The third-order valence-corrected chi connectivity index (χ3v) is 3.27. The molecule has 0 aromatic heterocycles. The highest BCUT2D eigenvalue weighted by molar-refractivity contribution is 5.89. The molecule has 1 heterocycles. The average molecular weight is 235 g/mol. The summed E-state index contributed by atoms with van der Waals surface area (Å²) in [6, 6.07) is 5.20. The molecule has 2 rings (SSSR count). The van der Waals surface area contributed by atoms with Gasteiger partial charge in [0.05, 0.1) is 12.7 Å². The Morgan fingerprint density at radius 3 is 2.71 bits per heavy atom. The van der Waals surface area contributed by atoms with Crippen LogP contribution in [0.4, 0.5) is 0 Å². The fourth-order valence-corrected chi connectivity index (χ4v) is 2.33. The maximum atomic E-state index is 11.2. The Kier molecular flexibility index (Phi) is 3.64. The van der Waals surface area contributed by atoms with Crippen LogP contribution in [0.5, 0.6) is 5.75 Å². The van der Waals surface area contributed by atoms with Crippen LogP contribution in [0, 0.1) is 0 Å². The van der Waals surface area contributed by atoms with Crippen molar-refractivity contribution in [3.63, 3.8) is 0 Å². The van der Waals surface area contributed by atoms with Crippen molar-refractivity contribution in [3.05, 3.63) is 29.3 Å². The van der Waals surface area contributed by atoms with Gasteiger partial charge in [0, 0.05) is 0 Å². The van der Waals surface area contributed by atoms with E-state index in [1.165, 1.54) is 0 Å². The third-order valence-electron chi connectivity index (χ3n) is 3.27. The van der Waals surface area contributed by atoms with Crippen LogP contribution in [0.3, 0.4) is 0 Å². The molecule has 1 fully saturated rings. The number of carboxylic acids is 1. The molecule has 0 aliphatic carbocycles. The van der Waals surface area contributed by atoms with Gasteiger partial charge < -0.3 is 15.2 Å². The minimum atomic E-state index is -0.860. The number of piperidine rings is 1. The number of rotatable bonds is 3. The van der Waals surface area contributed by atoms with Crippen molar-refractivity contribution >= 4 is 5.97 Å². The minimum absolute atomic E-state index is 0.317. The molecule has 4 heteroatoms. The lowest BCUT2D eigenvalue weighted by Gasteiger charge is -2.24. The first-order valence-electron chi connectivity index (χ1n) is 5.84. The molecule has 0 spiro atoms. The molecule has 1 aromatic rings. The predicted molar refractivity (Wildman–Crippen MR) is 64.8 cm³/mol. The summed E-state index contributed by atoms with van der Waals surface area (Å²) < 4.78 is 5.17. The van der Waals surface area contributed by atoms with Crippen molar-refractivity contribution in [1.82, 2.24) is 5.32 Å². The van der Waals surface area contributed by atoms with Gasteiger partial charge in [-0.05, 0) is 55.6 Å². The van der Waals surface area contributed by atoms with E-state index < -0.39 is 5.97 Å². The van der Waals surface area contributed by atoms with E-state index in [9.17, 15) is 9.90 Å². The maximum absolute atomic E-state index is 11.2. The van der Waals surface area contributed by atoms with Crippen LogP contribution in [-0.2, 0) is 0 Å². The van der Waals surface area contributed by atoms with Crippen molar-refractivity contribution in [2.45, 2.75) is 18.8 Å². The Labute approximate surface area is 101 Å². The first-order chi connectivity index (χ1) is 8.22. The predicted octanol–water partition coefficient (Wildman–Crippen LogP) is 1.86. The van der Waals surface area contributed by atoms with Gasteiger partial charge in [0.2, 0.25) is 0 Å². The number of ether oxygens (including phenoxy) is 1. The van der Waals surface area contributed by atoms with E-state index in [1.807, 2.05) is 6.07 Å². The Morgan fingerprint density at radius 2 is 2.12 bits per heavy atom. The maximum Gasteiger partial charge on any atom is 0.335 e. The number of methoxy groups -OCH3 is 1. The van der Waals surface area contributed by atoms with E-state index in [2.05, 4.69) is 5.32 Å². The molecular formula is C13H17NO3. The topological polar surface area (TPSA) is 58.6 Å². The molecule has 0 amide bonds. The van der Waals surface area contributed by atoms with E-state index in [-0.39, 0.29) is 0 Å². The summed E-state index contributed by atoms with van der Waals surface area (Å²) in [6.07, 6.45) is 1.96. The highest BCUT2D eigenvalue weighted by Gasteiger charge is 2.21. The van der Waals surface area contributed by atoms with Gasteiger partial charge in [0.25, 0.3) is 0 Å². The molecule has 0 bridgehead atoms. The molecular weight excluding hydrogens is 218 g/mol. The van der Waals surface area contributed by atoms with Crippen LogP contribution in [-0.4, -0.2) is 31.3 Å². The van der Waals surface area contributed by atoms with Gasteiger partial charge >= 0.3 is 5.97 Å². The minimum Gasteiger partial charge on any atom is -0.497 e. The second-order valence-corrected chi connectivity index (χ2v) is 4.28. The number of benzene rings is 1. The number of nitrogens with one attached hydrogen (secondary N) is 1. The van der Waals surface area contributed by atoms with Crippen molar-refractivity contribution < 1.29 is 14.6 Å². The van der Waals surface area contributed by atoms with E-state index >= 15 is 0 Å². The molecule has 0 radical (unpaired) electrons. The quantitative estimate of drug-likeness (QED) is 0.839. The van der Waals surface area contributed by atoms with Gasteiger partial charge in [-0.3, -0.25) is 0 Å². The van der Waals surface area contributed by atoms with Crippen LogP contribution in [0.25, 0.3) is 0 Å². The second kappa shape index (κ2) is 5.19. The smallest absolute Gasteiger partial charge is 0.335 e. The van der Waals surface area contributed by atoms with Crippen molar-refractivity contribution in [2.24, 2.45) is 0 Å². The number of aromatic carboxylic acids is 1. The third kappa shape index (κ3) is 2.58. The normalized spacial score (nSPS) is 16.8. The van der Waals surface area contributed by atoms with Gasteiger partial charge in [-0.25, -0.2) is 4.79 Å². The Balaban J connectivity index is 2.36. The molecule has 2 N–H and O–H groups in total. The largest absolute Gasteiger partial charge is 0.497 e. The fraction of sp³-hybridized carbons (Fsp3) is 0.462. The second-order valence-electron chi connectivity index (χ2n) is 4.28. The zero-order valence-electron chi connectivity index (χ0n) is 9.90. The summed E-state index contributed by atoms with van der Waals surface area (Å²) >= 11 is 0. The van der Waals surface area contributed by atoms with Gasteiger partial charge in [0.15, 0.2) is 0 Å². The van der Waals surface area contributed by atoms with Gasteiger partial charge in [-0.2, -0.15) is 0 Å². The fourth-order valence-electron chi connectivity index (χ4n) is 2.33. The van der Waals surface area contributed by atoms with Crippen molar-refractivity contribution in [3.8, 4) is 5.75 Å². The number of carboxylic acid groups (broad SMARTS) is 1. The molecule has 0 atom stereocenters. The van der Waals surface area contributed by atoms with Crippen LogP contribution < -0.4 is 10.1 Å². The summed E-state index contributed by atoms with van der Waals surface area (Å²) in [6.45, 7) is 1.89. The molecule has 0 unspecified atom stereocenters. The van der Waals surface area contributed by atoms with E-state index in [0.717, 1.165) is 37.2 Å². The SMILES string of the molecule is COc1ccc(C(=O)O)c(C2CCNCC2)c1. The molecule has 1 aliphatic heterocycles. The van der Waals surface area contributed by atoms with Crippen LogP contribution in [0.1, 0.15) is 34.7 Å². The van der Waals surface area contributed by atoms with Crippen LogP contribution >= 0.6 is 0 Å². The molecule has 17 heavy (non-hydrogen) atoms. The highest BCUT2D eigenvalue weighted by Crippen LogP contribution is 2.31. The standard InChI is InChI=1S/C13H17NO3/c1-17-10-2-3-11(13(15)16)12(8-10)9-4-6-14-7-5-9/h2-3,8-9,14H,4-7H2,1H3,(H,15,16). The lowest BCUT2D eigenvalue weighted by Crippen LogP contribution is -2.27. The lowest BCUT2D eigenvalue weighted by atomic mass is 9.87. The zero-order chi connectivity index (χ0) is 12.3. The summed E-state index contributed by atoms with van der Waals surface area (Å²) in [5.74, 6) is 0.183. The van der Waals surface area contributed by atoms with Crippen molar-refractivity contribution in [1.29, 1.82) is 0 Å². The summed E-state index contributed by atoms with van der Waals surface area (Å²) in [4.78, 5) is 11.2. The van der Waals surface area contributed by atoms with Crippen molar-refractivity contribution in [2.75, 3.05) is 20.2 Å². The first-order valence-corrected chi connectivity index (χ1v) is 5.84. The van der Waals surface area contributed by atoms with Gasteiger partial charge in [0.1, 0.15) is 5.75 Å². The summed E-state index contributed by atoms with van der Waals surface area (Å²) in [5.41, 5.74) is 1.30. The van der Waals surface area contributed by atoms with Gasteiger partial charge in [-0.15, -0.1) is 0 Å². The Hall–Kier alpha value is -1.55. The van der Waals surface area contributed by atoms with E-state index in [4.69, 9.17) is 4.74 Å². The molecule has 0 saturated carbocycles. The number of hydrogen-bond donors (Lipinski definition) is 2. The molecule has 4 nitrogen and oxygen atoms in total. The zero-order valence-corrected chi connectivity index (χ0v) is 9.90. The number of carbonyl (C=O) groups is 1. The Bertz CT molecular complexity index is 411. The van der Waals surface area contributed by atoms with E-state index in [0.29, 0.717) is 11.5 Å². The Morgan fingerprint density at radius 1 is 1.41 bits per heavy atom. The van der Waals surface area contributed by atoms with Crippen LogP contribution in [0.15, 0.2) is 18.2 Å². The molecule has 92 valence electrons. The molecule has 1 saturated heterocycles. The van der Waals surface area contributed by atoms with Crippen LogP contribution in [0.2, 0.25) is 0 Å². The van der Waals surface area contributed by atoms with E-state index in [1.54, 1.807) is 19.2 Å². The number of hydrogen-bond acceptors (Lipinski definition) is 3.